The van der Waals surface area contributed by atoms with Crippen LogP contribution < -0.4 is 9.46 Å². The number of hydrogen-bond donors (Lipinski definition) is 1. The molecule has 4 nitrogen and oxygen atoms in total. The Morgan fingerprint density at radius 2 is 2.25 bits per heavy atom. The predicted molar refractivity (Wildman–Crippen MR) is 66.2 cm³/mol. The van der Waals surface area contributed by atoms with Gasteiger partial charge in [0.2, 0.25) is 10.0 Å². The highest BCUT2D eigenvalue weighted by Gasteiger charge is 2.13. The number of halogens is 1. The molecule has 0 heterocycles. The number of nitrogens with one attached hydrogen (secondary N) is 1. The number of sulfonamides is 1. The molecule has 1 rings (SSSR count). The molecule has 1 aromatic rings. The molecule has 0 unspecified atom stereocenters. The monoisotopic (exact) mass is 305 g/mol. The molecule has 0 aliphatic carbocycles. The van der Waals surface area contributed by atoms with Crippen LogP contribution in [0.15, 0.2) is 40.2 Å². The van der Waals surface area contributed by atoms with Gasteiger partial charge in [0.15, 0.2) is 0 Å². The van der Waals surface area contributed by atoms with Gasteiger partial charge in [0, 0.05) is 17.1 Å². The van der Waals surface area contributed by atoms with Crippen molar-refractivity contribution in [2.45, 2.75) is 4.90 Å². The van der Waals surface area contributed by atoms with Crippen LogP contribution in [0.5, 0.6) is 5.75 Å². The third-order valence-corrected chi connectivity index (χ3v) is 3.48. The van der Waals surface area contributed by atoms with Crippen molar-refractivity contribution in [1.29, 1.82) is 0 Å². The van der Waals surface area contributed by atoms with Gasteiger partial charge < -0.3 is 4.74 Å². The van der Waals surface area contributed by atoms with E-state index in [1.54, 1.807) is 12.1 Å². The molecule has 0 radical (unpaired) electrons. The minimum absolute atomic E-state index is 0.152. The largest absolute Gasteiger partial charge is 0.497 e. The number of methoxy groups -OCH3 is 1. The second-order valence-corrected chi connectivity index (χ2v) is 5.91. The lowest BCUT2D eigenvalue weighted by Gasteiger charge is -2.07. The lowest BCUT2D eigenvalue weighted by atomic mass is 10.3. The van der Waals surface area contributed by atoms with Crippen molar-refractivity contribution in [2.24, 2.45) is 0 Å². The summed E-state index contributed by atoms with van der Waals surface area (Å²) in [6.45, 7) is 3.70. The fraction of sp³-hybridized carbons (Fsp3) is 0.200. The van der Waals surface area contributed by atoms with Gasteiger partial charge in [-0.3, -0.25) is 0 Å². The number of hydrogen-bond acceptors (Lipinski definition) is 3. The Morgan fingerprint density at radius 1 is 1.56 bits per heavy atom. The van der Waals surface area contributed by atoms with E-state index in [-0.39, 0.29) is 11.4 Å². The molecule has 0 bridgehead atoms. The molecule has 0 fully saturated rings. The zero-order chi connectivity index (χ0) is 12.2. The Morgan fingerprint density at radius 3 is 2.81 bits per heavy atom. The first-order valence-corrected chi connectivity index (χ1v) is 6.70. The van der Waals surface area contributed by atoms with E-state index < -0.39 is 10.0 Å². The van der Waals surface area contributed by atoms with Gasteiger partial charge in [0.05, 0.1) is 12.0 Å². The highest BCUT2D eigenvalue weighted by atomic mass is 79.9. The van der Waals surface area contributed by atoms with Crippen LogP contribution in [0, 0.1) is 0 Å². The van der Waals surface area contributed by atoms with E-state index in [1.165, 1.54) is 19.2 Å². The molecule has 16 heavy (non-hydrogen) atoms. The van der Waals surface area contributed by atoms with Gasteiger partial charge in [0.1, 0.15) is 5.75 Å². The van der Waals surface area contributed by atoms with E-state index in [1.807, 2.05) is 0 Å². The van der Waals surface area contributed by atoms with Gasteiger partial charge in [-0.25, -0.2) is 13.1 Å². The zero-order valence-corrected chi connectivity index (χ0v) is 11.1. The Balaban J connectivity index is 2.93. The van der Waals surface area contributed by atoms with Gasteiger partial charge in [-0.2, -0.15) is 0 Å². The summed E-state index contributed by atoms with van der Waals surface area (Å²) in [6.07, 6.45) is 0. The third-order valence-electron chi connectivity index (χ3n) is 1.81. The fourth-order valence-corrected chi connectivity index (χ4v) is 2.41. The summed E-state index contributed by atoms with van der Waals surface area (Å²) in [5.41, 5.74) is 0. The zero-order valence-electron chi connectivity index (χ0n) is 8.73. The van der Waals surface area contributed by atoms with Crippen molar-refractivity contribution in [2.75, 3.05) is 13.7 Å². The summed E-state index contributed by atoms with van der Waals surface area (Å²) in [5.74, 6) is 0.501. The van der Waals surface area contributed by atoms with Crippen LogP contribution in [-0.4, -0.2) is 22.1 Å². The Bertz CT molecular complexity index is 485. The molecular weight excluding hydrogens is 294 g/mol. The minimum Gasteiger partial charge on any atom is -0.497 e. The van der Waals surface area contributed by atoms with Crippen molar-refractivity contribution >= 4 is 26.0 Å². The molecule has 0 amide bonds. The highest BCUT2D eigenvalue weighted by Crippen LogP contribution is 2.16. The van der Waals surface area contributed by atoms with Gasteiger partial charge in [-0.15, -0.1) is 0 Å². The average Bonchev–Trinajstić information content (AvgIpc) is 2.27. The molecule has 0 aliphatic rings. The van der Waals surface area contributed by atoms with E-state index in [0.717, 1.165) is 0 Å². The predicted octanol–water partition coefficient (Wildman–Crippen LogP) is 1.88. The first-order chi connectivity index (χ1) is 7.45. The van der Waals surface area contributed by atoms with Crippen LogP contribution >= 0.6 is 15.9 Å². The Hall–Kier alpha value is -0.850. The maximum atomic E-state index is 11.8. The lowest BCUT2D eigenvalue weighted by Crippen LogP contribution is -2.24. The first-order valence-electron chi connectivity index (χ1n) is 4.42. The summed E-state index contributed by atoms with van der Waals surface area (Å²) in [5, 5.41) is 0. The SMILES string of the molecule is C=C(Br)CNS(=O)(=O)c1cccc(OC)c1. The van der Waals surface area contributed by atoms with E-state index >= 15 is 0 Å². The number of ether oxygens (including phenoxy) is 1. The van der Waals surface area contributed by atoms with Crippen molar-refractivity contribution < 1.29 is 13.2 Å². The molecular formula is C10H12BrNO3S. The topological polar surface area (TPSA) is 55.4 Å². The summed E-state index contributed by atoms with van der Waals surface area (Å²) in [7, 11) is -2.02. The summed E-state index contributed by atoms with van der Waals surface area (Å²) in [4.78, 5) is 0.167. The van der Waals surface area contributed by atoms with Gasteiger partial charge in [0.25, 0.3) is 0 Å². The summed E-state index contributed by atoms with van der Waals surface area (Å²) < 4.78 is 31.5. The molecule has 0 atom stereocenters. The Kier molecular flexibility index (Phi) is 4.52. The molecule has 1 aromatic carbocycles. The lowest BCUT2D eigenvalue weighted by molar-refractivity contribution is 0.413. The minimum atomic E-state index is -3.51. The summed E-state index contributed by atoms with van der Waals surface area (Å²) >= 11 is 3.08. The van der Waals surface area contributed by atoms with Crippen LogP contribution in [0.4, 0.5) is 0 Å². The smallest absolute Gasteiger partial charge is 0.241 e. The molecule has 0 saturated heterocycles. The van der Waals surface area contributed by atoms with Crippen LogP contribution in [0.2, 0.25) is 0 Å². The normalized spacial score (nSPS) is 11.1. The molecule has 88 valence electrons. The molecule has 0 spiro atoms. The van der Waals surface area contributed by atoms with Crippen LogP contribution in [0.1, 0.15) is 0 Å². The first kappa shape index (κ1) is 13.2. The fourth-order valence-electron chi connectivity index (χ4n) is 1.02. The molecule has 0 saturated carbocycles. The van der Waals surface area contributed by atoms with E-state index in [9.17, 15) is 8.42 Å². The van der Waals surface area contributed by atoms with Gasteiger partial charge >= 0.3 is 0 Å². The van der Waals surface area contributed by atoms with E-state index in [4.69, 9.17) is 4.74 Å². The van der Waals surface area contributed by atoms with Crippen molar-refractivity contribution in [3.8, 4) is 5.75 Å². The maximum absolute atomic E-state index is 11.8. The second-order valence-electron chi connectivity index (χ2n) is 3.02. The molecule has 0 aromatic heterocycles. The van der Waals surface area contributed by atoms with Crippen LogP contribution in [0.3, 0.4) is 0 Å². The molecule has 0 aliphatic heterocycles. The van der Waals surface area contributed by atoms with Crippen molar-refractivity contribution in [3.63, 3.8) is 0 Å². The highest BCUT2D eigenvalue weighted by molar-refractivity contribution is 9.11. The van der Waals surface area contributed by atoms with Gasteiger partial charge in [-0.1, -0.05) is 28.6 Å². The molecule has 1 N–H and O–H groups in total. The molecule has 6 heteroatoms. The van der Waals surface area contributed by atoms with Crippen LogP contribution in [-0.2, 0) is 10.0 Å². The Labute approximate surface area is 103 Å². The van der Waals surface area contributed by atoms with Crippen LogP contribution in [0.25, 0.3) is 0 Å². The van der Waals surface area contributed by atoms with E-state index in [0.29, 0.717) is 10.2 Å². The second kappa shape index (κ2) is 5.47. The number of benzene rings is 1. The number of rotatable bonds is 5. The third kappa shape index (κ3) is 3.62. The van der Waals surface area contributed by atoms with Crippen molar-refractivity contribution in [1.82, 2.24) is 4.72 Å². The average molecular weight is 306 g/mol. The van der Waals surface area contributed by atoms with Crippen molar-refractivity contribution in [3.05, 3.63) is 35.3 Å². The quantitative estimate of drug-likeness (QED) is 0.904. The van der Waals surface area contributed by atoms with E-state index in [2.05, 4.69) is 27.2 Å². The van der Waals surface area contributed by atoms with Gasteiger partial charge in [-0.05, 0) is 12.1 Å². The summed E-state index contributed by atoms with van der Waals surface area (Å²) in [6, 6.07) is 6.26. The standard InChI is InChI=1S/C10H12BrNO3S/c1-8(11)7-12-16(13,14)10-5-3-4-9(6-10)15-2/h3-6,12H,1,7H2,2H3. The maximum Gasteiger partial charge on any atom is 0.241 e.